The number of carbonyl (C=O) groups is 2. The van der Waals surface area contributed by atoms with E-state index in [0.29, 0.717) is 18.7 Å². The number of ether oxygens (including phenoxy) is 1. The Morgan fingerprint density at radius 2 is 2.14 bits per heavy atom. The van der Waals surface area contributed by atoms with Crippen molar-refractivity contribution in [2.24, 2.45) is 11.7 Å². The van der Waals surface area contributed by atoms with Crippen LogP contribution in [0.1, 0.15) is 18.9 Å². The summed E-state index contributed by atoms with van der Waals surface area (Å²) in [4.78, 5) is 22.8. The average Bonchev–Trinajstić information content (AvgIpc) is 2.50. The van der Waals surface area contributed by atoms with E-state index in [9.17, 15) is 9.59 Å². The lowest BCUT2D eigenvalue weighted by atomic mass is 10.1. The van der Waals surface area contributed by atoms with Gasteiger partial charge in [0.05, 0.1) is 13.5 Å². The van der Waals surface area contributed by atoms with Gasteiger partial charge in [0.1, 0.15) is 0 Å². The van der Waals surface area contributed by atoms with Gasteiger partial charge in [0.25, 0.3) is 0 Å². The number of nitrogens with two attached hydrogens (primary N) is 1. The zero-order valence-corrected chi connectivity index (χ0v) is 14.5. The Balaban J connectivity index is 0.00000441. The van der Waals surface area contributed by atoms with Crippen LogP contribution in [0.2, 0.25) is 0 Å². The Morgan fingerprint density at radius 3 is 2.77 bits per heavy atom. The maximum absolute atomic E-state index is 11.8. The number of anilines is 1. The van der Waals surface area contributed by atoms with E-state index in [0.717, 1.165) is 17.0 Å². The van der Waals surface area contributed by atoms with E-state index in [-0.39, 0.29) is 30.2 Å². The number of methoxy groups -OCH3 is 1. The molecule has 0 saturated carbocycles. The predicted molar refractivity (Wildman–Crippen MR) is 93.3 cm³/mol. The first-order valence-corrected chi connectivity index (χ1v) is 7.96. The van der Waals surface area contributed by atoms with Crippen LogP contribution >= 0.6 is 24.2 Å². The minimum Gasteiger partial charge on any atom is -0.469 e. The highest BCUT2D eigenvalue weighted by Crippen LogP contribution is 2.17. The highest BCUT2D eigenvalue weighted by Gasteiger charge is 2.10. The van der Waals surface area contributed by atoms with Crippen molar-refractivity contribution in [1.29, 1.82) is 0 Å². The summed E-state index contributed by atoms with van der Waals surface area (Å²) >= 11 is 1.65. The van der Waals surface area contributed by atoms with E-state index >= 15 is 0 Å². The summed E-state index contributed by atoms with van der Waals surface area (Å²) in [5, 5.41) is 2.85. The lowest BCUT2D eigenvalue weighted by Crippen LogP contribution is -2.26. The summed E-state index contributed by atoms with van der Waals surface area (Å²) < 4.78 is 4.59. The maximum Gasteiger partial charge on any atom is 0.306 e. The molecule has 1 unspecified atom stereocenters. The molecule has 7 heteroatoms. The fourth-order valence-corrected chi connectivity index (χ4v) is 2.43. The molecular weight excluding hydrogens is 324 g/mol. The van der Waals surface area contributed by atoms with E-state index in [4.69, 9.17) is 5.73 Å². The van der Waals surface area contributed by atoms with E-state index in [2.05, 4.69) is 10.1 Å². The summed E-state index contributed by atoms with van der Waals surface area (Å²) in [6.45, 7) is 2.12. The summed E-state index contributed by atoms with van der Waals surface area (Å²) in [5.41, 5.74) is 7.34. The van der Waals surface area contributed by atoms with Crippen LogP contribution in [0.3, 0.4) is 0 Å². The normalized spacial score (nSPS) is 11.2. The first-order chi connectivity index (χ1) is 10.1. The molecule has 5 nitrogen and oxygen atoms in total. The molecule has 0 saturated heterocycles. The van der Waals surface area contributed by atoms with E-state index < -0.39 is 0 Å². The maximum atomic E-state index is 11.8. The summed E-state index contributed by atoms with van der Waals surface area (Å²) in [5.74, 6) is 1.02. The molecule has 1 aromatic rings. The van der Waals surface area contributed by atoms with E-state index in [1.54, 1.807) is 18.7 Å². The molecule has 1 atom stereocenters. The van der Waals surface area contributed by atoms with Gasteiger partial charge < -0.3 is 15.8 Å². The fraction of sp³-hybridized carbons (Fsp3) is 0.467. The standard InChI is InChI=1S/C15H22N2O3S.ClH/c1-11(9-16)15(19)17-13-5-3-4-12(8-13)10-21-7-6-14(18)20-2;/h3-5,8,11H,6-7,9-10,16H2,1-2H3,(H,17,19);1H. The van der Waals surface area contributed by atoms with Gasteiger partial charge in [0, 0.05) is 29.7 Å². The zero-order chi connectivity index (χ0) is 15.7. The topological polar surface area (TPSA) is 81.4 Å². The third-order valence-corrected chi connectivity index (χ3v) is 3.97. The molecule has 1 aromatic carbocycles. The van der Waals surface area contributed by atoms with Crippen LogP contribution in [-0.2, 0) is 20.1 Å². The third-order valence-electron chi connectivity index (χ3n) is 2.94. The van der Waals surface area contributed by atoms with E-state index in [1.807, 2.05) is 24.3 Å². The third kappa shape index (κ3) is 7.68. The second-order valence-corrected chi connectivity index (χ2v) is 5.81. The predicted octanol–water partition coefficient (Wildman–Crippen LogP) is 2.44. The SMILES string of the molecule is COC(=O)CCSCc1cccc(NC(=O)C(C)CN)c1.Cl. The Kier molecular flexibility index (Phi) is 10.7. The number of carbonyl (C=O) groups excluding carboxylic acids is 2. The van der Waals surface area contributed by atoms with Crippen LogP contribution in [0, 0.1) is 5.92 Å². The fourth-order valence-electron chi connectivity index (χ4n) is 1.56. The monoisotopic (exact) mass is 346 g/mol. The first kappa shape index (κ1) is 20.8. The van der Waals surface area contributed by atoms with Gasteiger partial charge in [0.15, 0.2) is 0 Å². The zero-order valence-electron chi connectivity index (χ0n) is 12.8. The molecule has 0 spiro atoms. The average molecular weight is 347 g/mol. The van der Waals surface area contributed by atoms with Gasteiger partial charge in [-0.25, -0.2) is 0 Å². The number of amides is 1. The number of benzene rings is 1. The Morgan fingerprint density at radius 1 is 1.41 bits per heavy atom. The molecule has 0 heterocycles. The first-order valence-electron chi connectivity index (χ1n) is 6.81. The number of rotatable bonds is 8. The van der Waals surface area contributed by atoms with Crippen molar-refractivity contribution in [3.63, 3.8) is 0 Å². The van der Waals surface area contributed by atoms with Crippen molar-refractivity contribution < 1.29 is 14.3 Å². The Labute approximate surface area is 141 Å². The van der Waals surface area contributed by atoms with Gasteiger partial charge in [-0.1, -0.05) is 19.1 Å². The largest absolute Gasteiger partial charge is 0.469 e. The van der Waals surface area contributed by atoms with Crippen LogP contribution in [0.4, 0.5) is 5.69 Å². The summed E-state index contributed by atoms with van der Waals surface area (Å²) in [6, 6.07) is 7.68. The molecule has 1 rings (SSSR count). The molecule has 22 heavy (non-hydrogen) atoms. The number of thioether (sulfide) groups is 1. The van der Waals surface area contributed by atoms with Crippen molar-refractivity contribution in [2.45, 2.75) is 19.1 Å². The van der Waals surface area contributed by atoms with Crippen LogP contribution in [0.15, 0.2) is 24.3 Å². The second kappa shape index (κ2) is 11.3. The molecule has 0 aliphatic rings. The molecule has 0 fully saturated rings. The number of esters is 1. The van der Waals surface area contributed by atoms with Gasteiger partial charge >= 0.3 is 5.97 Å². The van der Waals surface area contributed by atoms with Crippen LogP contribution in [0.25, 0.3) is 0 Å². The minimum absolute atomic E-state index is 0. The Bertz CT molecular complexity index is 486. The minimum atomic E-state index is -0.205. The quantitative estimate of drug-likeness (QED) is 0.558. The second-order valence-electron chi connectivity index (χ2n) is 4.71. The van der Waals surface area contributed by atoms with Crippen molar-refractivity contribution in [2.75, 3.05) is 24.7 Å². The lowest BCUT2D eigenvalue weighted by Gasteiger charge is -2.11. The van der Waals surface area contributed by atoms with Gasteiger partial charge in [-0.15, -0.1) is 12.4 Å². The smallest absolute Gasteiger partial charge is 0.306 e. The highest BCUT2D eigenvalue weighted by atomic mass is 35.5. The van der Waals surface area contributed by atoms with Crippen molar-refractivity contribution in [3.05, 3.63) is 29.8 Å². The van der Waals surface area contributed by atoms with Gasteiger partial charge in [0.2, 0.25) is 5.91 Å². The lowest BCUT2D eigenvalue weighted by molar-refractivity contribution is -0.140. The van der Waals surface area contributed by atoms with Crippen LogP contribution in [0.5, 0.6) is 0 Å². The number of hydrogen-bond acceptors (Lipinski definition) is 5. The number of halogens is 1. The molecular formula is C15H23ClN2O3S. The molecule has 0 aliphatic carbocycles. The van der Waals surface area contributed by atoms with Gasteiger partial charge in [-0.3, -0.25) is 9.59 Å². The molecule has 3 N–H and O–H groups in total. The molecule has 0 aromatic heterocycles. The van der Waals surface area contributed by atoms with Crippen LogP contribution in [-0.4, -0.2) is 31.3 Å². The highest BCUT2D eigenvalue weighted by molar-refractivity contribution is 7.98. The van der Waals surface area contributed by atoms with Crippen LogP contribution < -0.4 is 11.1 Å². The van der Waals surface area contributed by atoms with Gasteiger partial charge in [-0.2, -0.15) is 11.8 Å². The summed E-state index contributed by atoms with van der Waals surface area (Å²) in [7, 11) is 1.39. The molecule has 124 valence electrons. The number of nitrogens with one attached hydrogen (secondary N) is 1. The number of hydrogen-bond donors (Lipinski definition) is 2. The molecule has 0 radical (unpaired) electrons. The van der Waals surface area contributed by atoms with Crippen molar-refractivity contribution in [1.82, 2.24) is 0 Å². The molecule has 0 aliphatic heterocycles. The van der Waals surface area contributed by atoms with Crippen molar-refractivity contribution in [3.8, 4) is 0 Å². The van der Waals surface area contributed by atoms with Gasteiger partial charge in [-0.05, 0) is 17.7 Å². The van der Waals surface area contributed by atoms with E-state index in [1.165, 1.54) is 7.11 Å². The molecule has 0 bridgehead atoms. The Hall–Kier alpha value is -1.24. The molecule has 1 amide bonds. The van der Waals surface area contributed by atoms with Crippen molar-refractivity contribution >= 4 is 41.7 Å². The summed E-state index contributed by atoms with van der Waals surface area (Å²) in [6.07, 6.45) is 0.408.